The van der Waals surface area contributed by atoms with Crippen molar-refractivity contribution >= 4 is 10.2 Å². The first-order valence-electron chi connectivity index (χ1n) is 4.97. The average molecular weight is 226 g/mol. The maximum Gasteiger partial charge on any atom is 0.279 e. The predicted molar refractivity (Wildman–Crippen MR) is 58.6 cm³/mol. The molecule has 0 spiro atoms. The van der Waals surface area contributed by atoms with Crippen LogP contribution in [0.1, 0.15) is 5.56 Å². The highest BCUT2D eigenvalue weighted by Crippen LogP contribution is 2.09. The largest absolute Gasteiger partial charge is 0.279 e. The third kappa shape index (κ3) is 3.02. The normalized spacial score (nSPS) is 16.5. The van der Waals surface area contributed by atoms with Crippen molar-refractivity contribution in [2.45, 2.75) is 6.42 Å². The molecule has 2 rings (SSSR count). The molecule has 15 heavy (non-hydrogen) atoms. The highest BCUT2D eigenvalue weighted by atomic mass is 32.2. The van der Waals surface area contributed by atoms with Gasteiger partial charge in [0.1, 0.15) is 0 Å². The van der Waals surface area contributed by atoms with E-state index in [9.17, 15) is 8.42 Å². The lowest BCUT2D eigenvalue weighted by Gasteiger charge is -2.05. The van der Waals surface area contributed by atoms with Crippen LogP contribution >= 0.6 is 0 Å². The van der Waals surface area contributed by atoms with Crippen LogP contribution < -0.4 is 4.72 Å². The van der Waals surface area contributed by atoms with Crippen LogP contribution in [-0.2, 0) is 16.6 Å². The number of hydrogen-bond acceptors (Lipinski definition) is 2. The fourth-order valence-electron chi connectivity index (χ4n) is 1.34. The van der Waals surface area contributed by atoms with Gasteiger partial charge in [-0.2, -0.15) is 12.7 Å². The molecule has 1 aromatic rings. The van der Waals surface area contributed by atoms with E-state index in [1.807, 2.05) is 30.3 Å². The van der Waals surface area contributed by atoms with Crippen molar-refractivity contribution < 1.29 is 8.42 Å². The molecule has 0 bridgehead atoms. The van der Waals surface area contributed by atoms with E-state index in [0.29, 0.717) is 19.6 Å². The Hall–Kier alpha value is -0.910. The van der Waals surface area contributed by atoms with E-state index in [4.69, 9.17) is 0 Å². The van der Waals surface area contributed by atoms with E-state index >= 15 is 0 Å². The molecule has 5 heteroatoms. The van der Waals surface area contributed by atoms with Crippen LogP contribution in [0.5, 0.6) is 0 Å². The summed E-state index contributed by atoms with van der Waals surface area (Å²) < 4.78 is 26.8. The topological polar surface area (TPSA) is 49.2 Å². The Morgan fingerprint density at radius 2 is 1.87 bits per heavy atom. The van der Waals surface area contributed by atoms with Gasteiger partial charge in [0.25, 0.3) is 10.2 Å². The Kier molecular flexibility index (Phi) is 3.04. The fraction of sp³-hybridized carbons (Fsp3) is 0.400. The van der Waals surface area contributed by atoms with Gasteiger partial charge in [-0.15, -0.1) is 0 Å². The maximum absolute atomic E-state index is 11.4. The number of nitrogens with one attached hydrogen (secondary N) is 1. The van der Waals surface area contributed by atoms with Crippen molar-refractivity contribution in [3.05, 3.63) is 35.9 Å². The van der Waals surface area contributed by atoms with Crippen LogP contribution in [0.25, 0.3) is 0 Å². The molecule has 1 N–H and O–H groups in total. The van der Waals surface area contributed by atoms with E-state index in [0.717, 1.165) is 12.0 Å². The summed E-state index contributed by atoms with van der Waals surface area (Å²) >= 11 is 0. The van der Waals surface area contributed by atoms with Crippen LogP contribution in [0.15, 0.2) is 30.3 Å². The van der Waals surface area contributed by atoms with Crippen molar-refractivity contribution in [1.82, 2.24) is 9.03 Å². The summed E-state index contributed by atoms with van der Waals surface area (Å²) in [6.45, 7) is 1.77. The van der Waals surface area contributed by atoms with Gasteiger partial charge in [0.2, 0.25) is 0 Å². The summed E-state index contributed by atoms with van der Waals surface area (Å²) in [4.78, 5) is 0. The predicted octanol–water partition coefficient (Wildman–Crippen LogP) is 0.379. The molecule has 0 atom stereocenters. The molecule has 4 nitrogen and oxygen atoms in total. The van der Waals surface area contributed by atoms with Gasteiger partial charge in [0.05, 0.1) is 0 Å². The smallest absolute Gasteiger partial charge is 0.202 e. The van der Waals surface area contributed by atoms with Gasteiger partial charge >= 0.3 is 0 Å². The summed E-state index contributed by atoms with van der Waals surface area (Å²) in [5.74, 6) is 0. The first-order valence-corrected chi connectivity index (χ1v) is 6.41. The minimum Gasteiger partial charge on any atom is -0.202 e. The van der Waals surface area contributed by atoms with Gasteiger partial charge in [-0.1, -0.05) is 30.3 Å². The molecule has 0 aliphatic carbocycles. The molecule has 1 saturated heterocycles. The second-order valence-corrected chi connectivity index (χ2v) is 5.29. The average Bonchev–Trinajstić information content (AvgIpc) is 3.02. The fourth-order valence-corrected chi connectivity index (χ4v) is 2.45. The molecule has 0 unspecified atom stereocenters. The zero-order valence-corrected chi connectivity index (χ0v) is 9.20. The standard InChI is InChI=1S/C10H14N2O2S/c13-15(14,12-8-9-12)11-7-6-10-4-2-1-3-5-10/h1-5,11H,6-9H2. The molecule has 1 fully saturated rings. The minimum atomic E-state index is -3.17. The monoisotopic (exact) mass is 226 g/mol. The van der Waals surface area contributed by atoms with Gasteiger partial charge in [0.15, 0.2) is 0 Å². The number of nitrogens with zero attached hydrogens (tertiary/aromatic N) is 1. The Bertz CT molecular complexity index is 412. The molecule has 0 radical (unpaired) electrons. The summed E-state index contributed by atoms with van der Waals surface area (Å²) in [5.41, 5.74) is 1.14. The summed E-state index contributed by atoms with van der Waals surface area (Å²) in [5, 5.41) is 0. The molecular formula is C10H14N2O2S. The van der Waals surface area contributed by atoms with Crippen LogP contribution in [-0.4, -0.2) is 32.4 Å². The first-order chi connectivity index (χ1) is 7.18. The van der Waals surface area contributed by atoms with Crippen LogP contribution in [0, 0.1) is 0 Å². The Labute approximate surface area is 90.1 Å². The van der Waals surface area contributed by atoms with Crippen molar-refractivity contribution in [2.75, 3.05) is 19.6 Å². The molecule has 1 aliphatic rings. The molecule has 0 aromatic heterocycles. The van der Waals surface area contributed by atoms with Crippen molar-refractivity contribution in [1.29, 1.82) is 0 Å². The second-order valence-electron chi connectivity index (χ2n) is 3.53. The molecule has 0 saturated carbocycles. The molecule has 0 amide bonds. The van der Waals surface area contributed by atoms with E-state index < -0.39 is 10.2 Å². The lowest BCUT2D eigenvalue weighted by atomic mass is 10.2. The third-order valence-corrected chi connectivity index (χ3v) is 3.90. The number of rotatable bonds is 5. The lowest BCUT2D eigenvalue weighted by molar-refractivity contribution is 0.547. The van der Waals surface area contributed by atoms with E-state index in [-0.39, 0.29) is 0 Å². The van der Waals surface area contributed by atoms with Gasteiger partial charge in [-0.3, -0.25) is 0 Å². The van der Waals surface area contributed by atoms with Gasteiger partial charge in [0, 0.05) is 19.6 Å². The number of hydrogen-bond donors (Lipinski definition) is 1. The molecule has 82 valence electrons. The maximum atomic E-state index is 11.4. The minimum absolute atomic E-state index is 0.461. The lowest BCUT2D eigenvalue weighted by Crippen LogP contribution is -2.31. The molecule has 1 aromatic carbocycles. The summed E-state index contributed by atoms with van der Waals surface area (Å²) in [7, 11) is -3.17. The Morgan fingerprint density at radius 1 is 1.20 bits per heavy atom. The van der Waals surface area contributed by atoms with Crippen molar-refractivity contribution in [3.8, 4) is 0 Å². The van der Waals surface area contributed by atoms with Crippen molar-refractivity contribution in [2.24, 2.45) is 0 Å². The van der Waals surface area contributed by atoms with E-state index in [1.165, 1.54) is 4.31 Å². The first kappa shape index (κ1) is 10.6. The molecule has 1 aliphatic heterocycles. The third-order valence-electron chi connectivity index (χ3n) is 2.29. The van der Waals surface area contributed by atoms with E-state index in [1.54, 1.807) is 0 Å². The zero-order valence-electron chi connectivity index (χ0n) is 8.39. The molecule has 1 heterocycles. The van der Waals surface area contributed by atoms with Crippen LogP contribution in [0.4, 0.5) is 0 Å². The SMILES string of the molecule is O=S(=O)(NCCc1ccccc1)N1CC1. The Balaban J connectivity index is 1.80. The van der Waals surface area contributed by atoms with Gasteiger partial charge in [-0.05, 0) is 12.0 Å². The van der Waals surface area contributed by atoms with Crippen molar-refractivity contribution in [3.63, 3.8) is 0 Å². The summed E-state index contributed by atoms with van der Waals surface area (Å²) in [6.07, 6.45) is 0.730. The summed E-state index contributed by atoms with van der Waals surface area (Å²) in [6, 6.07) is 9.84. The molecular weight excluding hydrogens is 212 g/mol. The Morgan fingerprint density at radius 3 is 2.47 bits per heavy atom. The van der Waals surface area contributed by atoms with E-state index in [2.05, 4.69) is 4.72 Å². The number of benzene rings is 1. The van der Waals surface area contributed by atoms with Gasteiger partial charge < -0.3 is 0 Å². The second kappa shape index (κ2) is 4.30. The highest BCUT2D eigenvalue weighted by molar-refractivity contribution is 7.87. The van der Waals surface area contributed by atoms with Crippen LogP contribution in [0.3, 0.4) is 0 Å². The highest BCUT2D eigenvalue weighted by Gasteiger charge is 2.30. The van der Waals surface area contributed by atoms with Gasteiger partial charge in [-0.25, -0.2) is 4.72 Å². The van der Waals surface area contributed by atoms with Crippen LogP contribution in [0.2, 0.25) is 0 Å². The quantitative estimate of drug-likeness (QED) is 0.738. The zero-order chi connectivity index (χ0) is 10.7.